The van der Waals surface area contributed by atoms with Crippen LogP contribution in [0.3, 0.4) is 0 Å². The molecule has 0 fully saturated rings. The van der Waals surface area contributed by atoms with Crippen molar-refractivity contribution in [2.45, 2.75) is 6.92 Å². The lowest BCUT2D eigenvalue weighted by Crippen LogP contribution is -2.27. The molecule has 0 atom stereocenters. The maximum atomic E-state index is 11.0. The molecule has 0 spiro atoms. The van der Waals surface area contributed by atoms with Crippen LogP contribution in [0.5, 0.6) is 0 Å². The Morgan fingerprint density at radius 3 is 2.15 bits per heavy atom. The molecule has 0 aliphatic carbocycles. The van der Waals surface area contributed by atoms with E-state index in [1.165, 1.54) is 0 Å². The molecule has 0 radical (unpaired) electrons. The van der Waals surface area contributed by atoms with Crippen molar-refractivity contribution in [3.05, 3.63) is 12.2 Å². The molecule has 0 aromatic rings. The van der Waals surface area contributed by atoms with Crippen LogP contribution in [0, 0.1) is 0 Å². The summed E-state index contributed by atoms with van der Waals surface area (Å²) in [7, 11) is 1.59. The molecule has 0 aromatic carbocycles. The van der Waals surface area contributed by atoms with Gasteiger partial charge in [-0.1, -0.05) is 6.58 Å². The Hall–Kier alpha value is -0.760. The molecule has 0 aliphatic heterocycles. The Balaban J connectivity index is 0. The zero-order chi connectivity index (χ0) is 16.2. The van der Waals surface area contributed by atoms with Gasteiger partial charge in [-0.25, -0.2) is 4.57 Å². The fraction of sp³-hybridized carbons (Fsp3) is 0.727. The fourth-order valence-electron chi connectivity index (χ4n) is 0.705. The zero-order valence-corrected chi connectivity index (χ0v) is 13.4. The Morgan fingerprint density at radius 2 is 1.75 bits per heavy atom. The number of carbonyl (C=O) groups excluding carboxylic acids is 1. The number of amides is 1. The number of phosphoric ester groups is 1. The highest BCUT2D eigenvalue weighted by molar-refractivity contribution is 7.46. The number of carbonyl (C=O) groups is 1. The number of nitrogens with zero attached hydrogens (tertiary/aromatic N) is 1. The predicted molar refractivity (Wildman–Crippen MR) is 76.2 cm³/mol. The Kier molecular flexibility index (Phi) is 12.9. The van der Waals surface area contributed by atoms with Gasteiger partial charge in [0.15, 0.2) is 0 Å². The van der Waals surface area contributed by atoms with Crippen LogP contribution in [-0.2, 0) is 18.6 Å². The lowest BCUT2D eigenvalue weighted by atomic mass is 10.3. The molecule has 0 aromatic heterocycles. The Morgan fingerprint density at radius 1 is 1.25 bits per heavy atom. The van der Waals surface area contributed by atoms with Gasteiger partial charge in [0.25, 0.3) is 0 Å². The predicted octanol–water partition coefficient (Wildman–Crippen LogP) is -0.0176. The molecule has 0 heterocycles. The molecule has 0 bridgehead atoms. The minimum Gasteiger partial charge on any atom is -0.377 e. The highest BCUT2D eigenvalue weighted by Gasteiger charge is 2.12. The number of phosphoric acid groups is 1. The first-order valence-electron chi connectivity index (χ1n) is 5.88. The van der Waals surface area contributed by atoms with Crippen molar-refractivity contribution in [1.29, 1.82) is 0 Å². The van der Waals surface area contributed by atoms with Gasteiger partial charge < -0.3 is 24.7 Å². The lowest BCUT2D eigenvalue weighted by molar-refractivity contribution is -0.117. The zero-order valence-electron chi connectivity index (χ0n) is 12.5. The molecule has 3 N–H and O–H groups in total. The molecule has 8 nitrogen and oxygen atoms in total. The van der Waals surface area contributed by atoms with E-state index >= 15 is 0 Å². The van der Waals surface area contributed by atoms with Crippen LogP contribution >= 0.6 is 7.82 Å². The largest absolute Gasteiger partial charge is 0.469 e. The number of hydrogen-bond acceptors (Lipinski definition) is 5. The average molecular weight is 312 g/mol. The minimum atomic E-state index is -4.41. The van der Waals surface area contributed by atoms with Crippen molar-refractivity contribution >= 4 is 13.7 Å². The van der Waals surface area contributed by atoms with Crippen molar-refractivity contribution in [2.24, 2.45) is 0 Å². The molecule has 0 saturated carbocycles. The molecular formula is C11H25N2O6P. The number of rotatable bonds is 8. The summed E-state index contributed by atoms with van der Waals surface area (Å²) >= 11 is 0. The topological polar surface area (TPSA) is 108 Å². The summed E-state index contributed by atoms with van der Waals surface area (Å²) in [6.07, 6.45) is 0. The highest BCUT2D eigenvalue weighted by Crippen LogP contribution is 2.35. The van der Waals surface area contributed by atoms with Crippen LogP contribution in [0.25, 0.3) is 0 Å². The quantitative estimate of drug-likeness (QED) is 0.328. The SMILES string of the molecule is C=C(C)C(=O)NCCOCCOP(=O)(O)O.CN(C)C. The monoisotopic (exact) mass is 312 g/mol. The van der Waals surface area contributed by atoms with E-state index in [9.17, 15) is 9.36 Å². The average Bonchev–Trinajstić information content (AvgIpc) is 2.25. The van der Waals surface area contributed by atoms with E-state index in [2.05, 4.69) is 16.4 Å². The summed E-state index contributed by atoms with van der Waals surface area (Å²) in [6, 6.07) is 0. The van der Waals surface area contributed by atoms with E-state index in [4.69, 9.17) is 14.5 Å². The molecule has 120 valence electrons. The van der Waals surface area contributed by atoms with Crippen molar-refractivity contribution in [3.8, 4) is 0 Å². The standard InChI is InChI=1S/C8H16NO6P.C3H9N/c1-7(2)8(10)9-3-4-14-5-6-15-16(11,12)13;1-4(2)3/h1,3-6H2,2H3,(H,9,10)(H2,11,12,13);1-3H3. The molecule has 20 heavy (non-hydrogen) atoms. The van der Waals surface area contributed by atoms with Gasteiger partial charge in [0.2, 0.25) is 5.91 Å². The van der Waals surface area contributed by atoms with Crippen molar-refractivity contribution < 1.29 is 28.4 Å². The summed E-state index contributed by atoms with van der Waals surface area (Å²) in [5, 5.41) is 2.53. The smallest absolute Gasteiger partial charge is 0.377 e. The Labute approximate surface area is 120 Å². The van der Waals surface area contributed by atoms with Gasteiger partial charge in [-0.05, 0) is 28.1 Å². The summed E-state index contributed by atoms with van der Waals surface area (Å²) in [4.78, 5) is 29.6. The van der Waals surface area contributed by atoms with Crippen LogP contribution in [-0.4, -0.2) is 68.1 Å². The third-order valence-electron chi connectivity index (χ3n) is 1.41. The third kappa shape index (κ3) is 22.4. The second-order valence-electron chi connectivity index (χ2n) is 4.31. The van der Waals surface area contributed by atoms with Crippen LogP contribution in [0.2, 0.25) is 0 Å². The van der Waals surface area contributed by atoms with E-state index in [-0.39, 0.29) is 25.7 Å². The van der Waals surface area contributed by atoms with E-state index in [1.807, 2.05) is 26.0 Å². The van der Waals surface area contributed by atoms with E-state index in [1.54, 1.807) is 6.92 Å². The first-order chi connectivity index (χ1) is 9.06. The molecule has 0 unspecified atom stereocenters. The van der Waals surface area contributed by atoms with Gasteiger partial charge >= 0.3 is 7.82 Å². The van der Waals surface area contributed by atoms with Crippen LogP contribution in [0.1, 0.15) is 6.92 Å². The van der Waals surface area contributed by atoms with Crippen LogP contribution in [0.4, 0.5) is 0 Å². The summed E-state index contributed by atoms with van der Waals surface area (Å²) < 4.78 is 19.3. The van der Waals surface area contributed by atoms with Crippen molar-refractivity contribution in [1.82, 2.24) is 10.2 Å². The number of hydrogen-bond donors (Lipinski definition) is 3. The van der Waals surface area contributed by atoms with Gasteiger partial charge in [-0.2, -0.15) is 0 Å². The maximum absolute atomic E-state index is 11.0. The normalized spacial score (nSPS) is 10.8. The molecule has 1 amide bonds. The van der Waals surface area contributed by atoms with Crippen LogP contribution < -0.4 is 5.32 Å². The van der Waals surface area contributed by atoms with Gasteiger partial charge in [0.1, 0.15) is 0 Å². The van der Waals surface area contributed by atoms with E-state index < -0.39 is 7.82 Å². The van der Waals surface area contributed by atoms with E-state index in [0.717, 1.165) is 0 Å². The summed E-state index contributed by atoms with van der Waals surface area (Å²) in [6.45, 7) is 5.44. The van der Waals surface area contributed by atoms with Gasteiger partial charge in [-0.15, -0.1) is 0 Å². The first kappa shape index (κ1) is 21.5. The van der Waals surface area contributed by atoms with Gasteiger partial charge in [0.05, 0.1) is 19.8 Å². The van der Waals surface area contributed by atoms with Crippen molar-refractivity contribution in [2.75, 3.05) is 47.5 Å². The molecular weight excluding hydrogens is 287 g/mol. The highest BCUT2D eigenvalue weighted by atomic mass is 31.2. The fourth-order valence-corrected chi connectivity index (χ4v) is 1.02. The van der Waals surface area contributed by atoms with Crippen molar-refractivity contribution in [3.63, 3.8) is 0 Å². The first-order valence-corrected chi connectivity index (χ1v) is 7.41. The summed E-state index contributed by atoms with van der Waals surface area (Å²) in [5.41, 5.74) is 0.407. The number of ether oxygens (including phenoxy) is 1. The molecule has 0 saturated heterocycles. The third-order valence-corrected chi connectivity index (χ3v) is 1.93. The van der Waals surface area contributed by atoms with Gasteiger partial charge in [0, 0.05) is 12.1 Å². The molecule has 0 rings (SSSR count). The minimum absolute atomic E-state index is 0.0497. The van der Waals surface area contributed by atoms with E-state index in [0.29, 0.717) is 12.1 Å². The Bertz CT molecular complexity index is 326. The van der Waals surface area contributed by atoms with Gasteiger partial charge in [-0.3, -0.25) is 9.32 Å². The number of nitrogens with one attached hydrogen (secondary N) is 1. The second-order valence-corrected chi connectivity index (χ2v) is 5.55. The summed E-state index contributed by atoms with van der Waals surface area (Å²) in [5.74, 6) is -0.255. The molecule has 9 heteroatoms. The lowest BCUT2D eigenvalue weighted by Gasteiger charge is -2.07. The van der Waals surface area contributed by atoms with Crippen LogP contribution in [0.15, 0.2) is 12.2 Å². The second kappa shape index (κ2) is 12.0. The molecule has 0 aliphatic rings. The maximum Gasteiger partial charge on any atom is 0.469 e.